The lowest BCUT2D eigenvalue weighted by molar-refractivity contribution is 0.510. The predicted molar refractivity (Wildman–Crippen MR) is 67.1 cm³/mol. The van der Waals surface area contributed by atoms with Crippen LogP contribution in [0.2, 0.25) is 0 Å². The lowest BCUT2D eigenvalue weighted by atomic mass is 10.2. The van der Waals surface area contributed by atoms with Crippen LogP contribution in [0.3, 0.4) is 0 Å². The van der Waals surface area contributed by atoms with Crippen molar-refractivity contribution in [2.45, 2.75) is 6.92 Å². The molecule has 2 aromatic rings. The van der Waals surface area contributed by atoms with Crippen LogP contribution in [-0.4, -0.2) is 0 Å². The van der Waals surface area contributed by atoms with Gasteiger partial charge in [-0.1, -0.05) is 18.2 Å². The van der Waals surface area contributed by atoms with Crippen molar-refractivity contribution in [1.82, 2.24) is 0 Å². The Hall–Kier alpha value is -1.55. The first-order chi connectivity index (χ1) is 7.66. The molecule has 1 aromatic carbocycles. The van der Waals surface area contributed by atoms with Crippen LogP contribution in [0, 0.1) is 6.92 Å². The molecule has 0 fully saturated rings. The van der Waals surface area contributed by atoms with Gasteiger partial charge in [-0.25, -0.2) is 4.79 Å². The third-order valence-electron chi connectivity index (χ3n) is 2.20. The molecule has 1 aromatic heterocycles. The van der Waals surface area contributed by atoms with Gasteiger partial charge in [0.05, 0.1) is 4.47 Å². The maximum absolute atomic E-state index is 11.4. The first kappa shape index (κ1) is 11.0. The molecule has 2 rings (SSSR count). The summed E-state index contributed by atoms with van der Waals surface area (Å²) in [7, 11) is 0. The van der Waals surface area contributed by atoms with Crippen LogP contribution in [0.25, 0.3) is 0 Å². The summed E-state index contributed by atoms with van der Waals surface area (Å²) < 4.78 is 5.56. The number of rotatable bonds is 2. The number of nitrogens with one attached hydrogen (secondary N) is 1. The molecule has 3 nitrogen and oxygen atoms in total. The van der Waals surface area contributed by atoms with Gasteiger partial charge >= 0.3 is 5.63 Å². The van der Waals surface area contributed by atoms with Gasteiger partial charge in [-0.2, -0.15) is 0 Å². The highest BCUT2D eigenvalue weighted by Gasteiger charge is 2.04. The van der Waals surface area contributed by atoms with E-state index in [0.717, 1.165) is 15.7 Å². The molecule has 0 aliphatic rings. The van der Waals surface area contributed by atoms with Gasteiger partial charge in [-0.05, 0) is 40.5 Å². The molecule has 0 saturated carbocycles. The van der Waals surface area contributed by atoms with E-state index in [0.29, 0.717) is 5.69 Å². The van der Waals surface area contributed by atoms with Crippen molar-refractivity contribution in [3.05, 3.63) is 57.1 Å². The Kier molecular flexibility index (Phi) is 3.10. The molecule has 0 aliphatic heterocycles. The molecule has 0 amide bonds. The van der Waals surface area contributed by atoms with Gasteiger partial charge in [0.1, 0.15) is 12.0 Å². The summed E-state index contributed by atoms with van der Waals surface area (Å²) in [5.41, 5.74) is 2.00. The highest BCUT2D eigenvalue weighted by Crippen LogP contribution is 2.19. The molecule has 0 atom stereocenters. The number of hydrogen-bond acceptors (Lipinski definition) is 3. The van der Waals surface area contributed by atoms with Gasteiger partial charge in [-0.15, -0.1) is 0 Å². The summed E-state index contributed by atoms with van der Waals surface area (Å²) in [5.74, 6) is 0. The van der Waals surface area contributed by atoms with Crippen molar-refractivity contribution in [2.75, 3.05) is 5.32 Å². The van der Waals surface area contributed by atoms with Crippen LogP contribution in [0.5, 0.6) is 0 Å². The van der Waals surface area contributed by atoms with Crippen molar-refractivity contribution in [3.8, 4) is 0 Å². The Morgan fingerprint density at radius 1 is 1.25 bits per heavy atom. The number of para-hydroxylation sites is 1. The zero-order chi connectivity index (χ0) is 11.5. The smallest absolute Gasteiger partial charge is 0.359 e. The SMILES string of the molecule is Cc1ccccc1Nc1cc(Br)coc1=O. The maximum Gasteiger partial charge on any atom is 0.359 e. The highest BCUT2D eigenvalue weighted by atomic mass is 79.9. The average Bonchev–Trinajstić information content (AvgIpc) is 2.27. The summed E-state index contributed by atoms with van der Waals surface area (Å²) >= 11 is 3.26. The van der Waals surface area contributed by atoms with E-state index in [1.54, 1.807) is 6.07 Å². The molecule has 82 valence electrons. The third-order valence-corrected chi connectivity index (χ3v) is 2.61. The van der Waals surface area contributed by atoms with Crippen molar-refractivity contribution in [3.63, 3.8) is 0 Å². The summed E-state index contributed by atoms with van der Waals surface area (Å²) in [6.45, 7) is 1.97. The first-order valence-corrected chi connectivity index (χ1v) is 5.57. The molecule has 0 unspecified atom stereocenters. The number of aryl methyl sites for hydroxylation is 1. The molecule has 0 bridgehead atoms. The Bertz CT molecular complexity index is 563. The van der Waals surface area contributed by atoms with Gasteiger partial charge in [-0.3, -0.25) is 0 Å². The van der Waals surface area contributed by atoms with Gasteiger partial charge in [0, 0.05) is 5.69 Å². The van der Waals surface area contributed by atoms with Crippen LogP contribution >= 0.6 is 15.9 Å². The van der Waals surface area contributed by atoms with E-state index in [1.807, 2.05) is 31.2 Å². The number of anilines is 2. The predicted octanol–water partition coefficient (Wildman–Crippen LogP) is 3.45. The number of benzene rings is 1. The molecule has 0 radical (unpaired) electrons. The molecule has 1 heterocycles. The molecule has 0 spiro atoms. The van der Waals surface area contributed by atoms with Crippen LogP contribution in [0.1, 0.15) is 5.56 Å². The Balaban J connectivity index is 2.38. The van der Waals surface area contributed by atoms with E-state index in [-0.39, 0.29) is 5.63 Å². The first-order valence-electron chi connectivity index (χ1n) is 4.78. The van der Waals surface area contributed by atoms with Crippen molar-refractivity contribution < 1.29 is 4.42 Å². The van der Waals surface area contributed by atoms with Crippen LogP contribution in [0.4, 0.5) is 11.4 Å². The lowest BCUT2D eigenvalue weighted by Gasteiger charge is -2.07. The fourth-order valence-electron chi connectivity index (χ4n) is 1.35. The van der Waals surface area contributed by atoms with Crippen LogP contribution in [0.15, 0.2) is 50.3 Å². The average molecular weight is 280 g/mol. The molecule has 4 heteroatoms. The fourth-order valence-corrected chi connectivity index (χ4v) is 1.67. The normalized spacial score (nSPS) is 10.1. The topological polar surface area (TPSA) is 42.2 Å². The Morgan fingerprint density at radius 2 is 2.00 bits per heavy atom. The fraction of sp³-hybridized carbons (Fsp3) is 0.0833. The molecule has 16 heavy (non-hydrogen) atoms. The van der Waals surface area contributed by atoms with E-state index in [2.05, 4.69) is 21.2 Å². The van der Waals surface area contributed by atoms with Gasteiger partial charge in [0.15, 0.2) is 0 Å². The largest absolute Gasteiger partial charge is 0.429 e. The zero-order valence-corrected chi connectivity index (χ0v) is 10.2. The summed E-state index contributed by atoms with van der Waals surface area (Å²) in [6, 6.07) is 9.44. The minimum Gasteiger partial charge on any atom is -0.429 e. The maximum atomic E-state index is 11.4. The van der Waals surface area contributed by atoms with E-state index >= 15 is 0 Å². The van der Waals surface area contributed by atoms with Crippen molar-refractivity contribution in [1.29, 1.82) is 0 Å². The van der Waals surface area contributed by atoms with Gasteiger partial charge in [0.2, 0.25) is 0 Å². The van der Waals surface area contributed by atoms with Crippen LogP contribution in [-0.2, 0) is 0 Å². The van der Waals surface area contributed by atoms with Crippen molar-refractivity contribution >= 4 is 27.3 Å². The Morgan fingerprint density at radius 3 is 2.75 bits per heavy atom. The second kappa shape index (κ2) is 4.53. The van der Waals surface area contributed by atoms with Crippen molar-refractivity contribution in [2.24, 2.45) is 0 Å². The molecule has 0 aliphatic carbocycles. The second-order valence-corrected chi connectivity index (χ2v) is 4.32. The molecule has 0 saturated heterocycles. The van der Waals surface area contributed by atoms with E-state index in [9.17, 15) is 4.79 Å². The third kappa shape index (κ3) is 2.33. The summed E-state index contributed by atoms with van der Waals surface area (Å²) in [6.07, 6.45) is 1.37. The molecular weight excluding hydrogens is 270 g/mol. The quantitative estimate of drug-likeness (QED) is 0.916. The number of hydrogen-bond donors (Lipinski definition) is 1. The zero-order valence-electron chi connectivity index (χ0n) is 8.66. The van der Waals surface area contributed by atoms with Crippen LogP contribution < -0.4 is 10.9 Å². The van der Waals surface area contributed by atoms with E-state index in [4.69, 9.17) is 4.42 Å². The monoisotopic (exact) mass is 279 g/mol. The summed E-state index contributed by atoms with van der Waals surface area (Å²) in [4.78, 5) is 11.4. The van der Waals surface area contributed by atoms with Gasteiger partial charge in [0.25, 0.3) is 0 Å². The second-order valence-electron chi connectivity index (χ2n) is 3.41. The summed E-state index contributed by atoms with van der Waals surface area (Å²) in [5, 5.41) is 3.05. The molecular formula is C12H10BrNO2. The standard InChI is InChI=1S/C12H10BrNO2/c1-8-4-2-3-5-10(8)14-11-6-9(13)7-16-12(11)15/h2-7,14H,1H3. The van der Waals surface area contributed by atoms with E-state index in [1.165, 1.54) is 6.26 Å². The minimum absolute atomic E-state index is 0.383. The minimum atomic E-state index is -0.383. The lowest BCUT2D eigenvalue weighted by Crippen LogP contribution is -2.06. The Labute approximate surface area is 101 Å². The van der Waals surface area contributed by atoms with Gasteiger partial charge < -0.3 is 9.73 Å². The highest BCUT2D eigenvalue weighted by molar-refractivity contribution is 9.10. The number of halogens is 1. The molecule has 1 N–H and O–H groups in total. The van der Waals surface area contributed by atoms with E-state index < -0.39 is 0 Å².